The van der Waals surface area contributed by atoms with Crippen LogP contribution in [0.3, 0.4) is 0 Å². The fourth-order valence-electron chi connectivity index (χ4n) is 1.75. The lowest BCUT2D eigenvalue weighted by molar-refractivity contribution is -0.129. The van der Waals surface area contributed by atoms with E-state index in [1.54, 1.807) is 19.0 Å². The predicted molar refractivity (Wildman–Crippen MR) is 78.1 cm³/mol. The number of hydrogen-bond donors (Lipinski definition) is 0. The van der Waals surface area contributed by atoms with Gasteiger partial charge in [-0.15, -0.1) is 0 Å². The molecule has 5 nitrogen and oxygen atoms in total. The highest BCUT2D eigenvalue weighted by Crippen LogP contribution is 2.18. The van der Waals surface area contributed by atoms with Crippen molar-refractivity contribution in [3.05, 3.63) is 29.6 Å². The molecule has 1 amide bonds. The van der Waals surface area contributed by atoms with Crippen molar-refractivity contribution < 1.29 is 18.7 Å². The molecule has 6 heteroatoms. The number of ketones is 1. The summed E-state index contributed by atoms with van der Waals surface area (Å²) in [6.07, 6.45) is 0. The van der Waals surface area contributed by atoms with Crippen molar-refractivity contribution in [3.8, 4) is 5.75 Å². The number of rotatable bonds is 7. The molecule has 1 aromatic rings. The number of benzene rings is 1. The van der Waals surface area contributed by atoms with E-state index in [4.69, 9.17) is 4.74 Å². The number of Topliss-reactive ketones (excluding diaryl/α,β-unsaturated/α-hetero) is 1. The number of ether oxygens (including phenoxy) is 1. The second kappa shape index (κ2) is 7.73. The highest BCUT2D eigenvalue weighted by atomic mass is 19.1. The van der Waals surface area contributed by atoms with Gasteiger partial charge < -0.3 is 9.64 Å². The molecule has 0 radical (unpaired) electrons. The van der Waals surface area contributed by atoms with Crippen LogP contribution in [0.1, 0.15) is 17.3 Å². The molecule has 0 N–H and O–H groups in total. The van der Waals surface area contributed by atoms with Gasteiger partial charge in [0.15, 0.2) is 17.3 Å². The Balaban J connectivity index is 2.74. The Morgan fingerprint density at radius 1 is 1.24 bits per heavy atom. The zero-order chi connectivity index (χ0) is 16.0. The fourth-order valence-corrected chi connectivity index (χ4v) is 1.75. The lowest BCUT2D eigenvalue weighted by Crippen LogP contribution is -2.39. The van der Waals surface area contributed by atoms with Crippen LogP contribution in [0.2, 0.25) is 0 Å². The first-order valence-corrected chi connectivity index (χ1v) is 6.68. The summed E-state index contributed by atoms with van der Waals surface area (Å²) in [5.41, 5.74) is 0.268. The summed E-state index contributed by atoms with van der Waals surface area (Å²) in [6, 6.07) is 4.10. The van der Waals surface area contributed by atoms with Gasteiger partial charge >= 0.3 is 0 Å². The average molecular weight is 296 g/mol. The third-order valence-corrected chi connectivity index (χ3v) is 3.15. The number of carbonyl (C=O) groups is 2. The molecule has 0 atom stereocenters. The Labute approximate surface area is 124 Å². The monoisotopic (exact) mass is 296 g/mol. The summed E-state index contributed by atoms with van der Waals surface area (Å²) in [5, 5.41) is 0. The molecule has 1 rings (SSSR count). The third-order valence-electron chi connectivity index (χ3n) is 3.15. The molecule has 0 aliphatic heterocycles. The summed E-state index contributed by atoms with van der Waals surface area (Å²) in [7, 11) is 4.69. The summed E-state index contributed by atoms with van der Waals surface area (Å²) in [5.74, 6) is -0.784. The van der Waals surface area contributed by atoms with Crippen LogP contribution >= 0.6 is 0 Å². The minimum absolute atomic E-state index is 0.0713. The van der Waals surface area contributed by atoms with Crippen molar-refractivity contribution in [3.63, 3.8) is 0 Å². The van der Waals surface area contributed by atoms with Crippen molar-refractivity contribution in [1.29, 1.82) is 0 Å². The highest BCUT2D eigenvalue weighted by molar-refractivity contribution is 5.98. The van der Waals surface area contributed by atoms with E-state index in [9.17, 15) is 14.0 Å². The van der Waals surface area contributed by atoms with Gasteiger partial charge in [-0.1, -0.05) is 6.92 Å². The second-order valence-corrected chi connectivity index (χ2v) is 4.86. The Morgan fingerprint density at radius 3 is 2.38 bits per heavy atom. The van der Waals surface area contributed by atoms with Gasteiger partial charge in [-0.3, -0.25) is 14.5 Å². The van der Waals surface area contributed by atoms with Gasteiger partial charge in [0.2, 0.25) is 5.91 Å². The first-order chi connectivity index (χ1) is 9.88. The van der Waals surface area contributed by atoms with Gasteiger partial charge in [-0.25, -0.2) is 4.39 Å². The van der Waals surface area contributed by atoms with Gasteiger partial charge in [0.1, 0.15) is 0 Å². The largest absolute Gasteiger partial charge is 0.494 e. The molecular formula is C15H21FN2O3. The van der Waals surface area contributed by atoms with Gasteiger partial charge in [-0.2, -0.15) is 0 Å². The molecule has 0 fully saturated rings. The Morgan fingerprint density at radius 2 is 1.90 bits per heavy atom. The SMILES string of the molecule is CCN(CC(=O)c1ccc(OC)c(F)c1)CC(=O)N(C)C. The van der Waals surface area contributed by atoms with Crippen LogP contribution in [0.25, 0.3) is 0 Å². The van der Waals surface area contributed by atoms with Crippen LogP contribution in [0.5, 0.6) is 5.75 Å². The normalized spacial score (nSPS) is 10.6. The molecule has 21 heavy (non-hydrogen) atoms. The number of carbonyl (C=O) groups excluding carboxylic acids is 2. The molecule has 1 aromatic carbocycles. The second-order valence-electron chi connectivity index (χ2n) is 4.86. The van der Waals surface area contributed by atoms with Gasteiger partial charge in [0.25, 0.3) is 0 Å². The molecule has 116 valence electrons. The zero-order valence-corrected chi connectivity index (χ0v) is 12.9. The van der Waals surface area contributed by atoms with E-state index in [1.807, 2.05) is 6.92 Å². The Bertz CT molecular complexity index is 518. The van der Waals surface area contributed by atoms with Crippen molar-refractivity contribution >= 4 is 11.7 Å². The number of likely N-dealkylation sites (N-methyl/N-ethyl adjacent to an activating group) is 2. The zero-order valence-electron chi connectivity index (χ0n) is 12.9. The smallest absolute Gasteiger partial charge is 0.236 e. The quantitative estimate of drug-likeness (QED) is 0.714. The van der Waals surface area contributed by atoms with Crippen molar-refractivity contribution in [1.82, 2.24) is 9.80 Å². The highest BCUT2D eigenvalue weighted by Gasteiger charge is 2.16. The number of hydrogen-bond acceptors (Lipinski definition) is 4. The maximum atomic E-state index is 13.6. The molecule has 0 aromatic heterocycles. The van der Waals surface area contributed by atoms with Crippen LogP contribution in [0.15, 0.2) is 18.2 Å². The molecule has 0 spiro atoms. The van der Waals surface area contributed by atoms with Gasteiger partial charge in [0.05, 0.1) is 20.2 Å². The summed E-state index contributed by atoms with van der Waals surface area (Å²) < 4.78 is 18.4. The molecule has 0 saturated carbocycles. The molecule has 0 heterocycles. The minimum Gasteiger partial charge on any atom is -0.494 e. The standard InChI is InChI=1S/C15H21FN2O3/c1-5-18(10-15(20)17(2)3)9-13(19)11-6-7-14(21-4)12(16)8-11/h6-8H,5,9-10H2,1-4H3. The maximum absolute atomic E-state index is 13.6. The van der Waals surface area contributed by atoms with E-state index in [-0.39, 0.29) is 36.1 Å². The summed E-state index contributed by atoms with van der Waals surface area (Å²) >= 11 is 0. The topological polar surface area (TPSA) is 49.9 Å². The molecule has 0 saturated heterocycles. The van der Waals surface area contributed by atoms with Crippen molar-refractivity contribution in [2.24, 2.45) is 0 Å². The number of halogens is 1. The van der Waals surface area contributed by atoms with Crippen molar-refractivity contribution in [2.45, 2.75) is 6.92 Å². The minimum atomic E-state index is -0.573. The number of methoxy groups -OCH3 is 1. The first-order valence-electron chi connectivity index (χ1n) is 6.68. The molecule has 0 bridgehead atoms. The Hall–Kier alpha value is -1.95. The van der Waals surface area contributed by atoms with E-state index in [0.29, 0.717) is 6.54 Å². The van der Waals surface area contributed by atoms with Crippen molar-refractivity contribution in [2.75, 3.05) is 40.8 Å². The molecular weight excluding hydrogens is 275 g/mol. The summed E-state index contributed by atoms with van der Waals surface area (Å²) in [6.45, 7) is 2.66. The van der Waals surface area contributed by atoms with E-state index < -0.39 is 5.82 Å². The molecule has 0 aliphatic carbocycles. The van der Waals surface area contributed by atoms with Crippen LogP contribution in [-0.2, 0) is 4.79 Å². The third kappa shape index (κ3) is 4.82. The molecule has 0 aliphatic rings. The van der Waals surface area contributed by atoms with Gasteiger partial charge in [0, 0.05) is 19.7 Å². The van der Waals surface area contributed by atoms with Crippen LogP contribution in [0, 0.1) is 5.82 Å². The number of amides is 1. The lowest BCUT2D eigenvalue weighted by Gasteiger charge is -2.21. The number of nitrogens with zero attached hydrogens (tertiary/aromatic N) is 2. The van der Waals surface area contributed by atoms with E-state index in [0.717, 1.165) is 6.07 Å². The maximum Gasteiger partial charge on any atom is 0.236 e. The summed E-state index contributed by atoms with van der Waals surface area (Å²) in [4.78, 5) is 27.0. The Kier molecular flexibility index (Phi) is 6.30. The van der Waals surface area contributed by atoms with E-state index in [1.165, 1.54) is 24.1 Å². The van der Waals surface area contributed by atoms with E-state index in [2.05, 4.69) is 0 Å². The van der Waals surface area contributed by atoms with Crippen LogP contribution < -0.4 is 4.74 Å². The van der Waals surface area contributed by atoms with Gasteiger partial charge in [-0.05, 0) is 24.7 Å². The van der Waals surface area contributed by atoms with E-state index >= 15 is 0 Å². The lowest BCUT2D eigenvalue weighted by atomic mass is 10.1. The first kappa shape index (κ1) is 17.1. The fraction of sp³-hybridized carbons (Fsp3) is 0.467. The average Bonchev–Trinajstić information content (AvgIpc) is 2.45. The van der Waals surface area contributed by atoms with Crippen LogP contribution in [-0.4, -0.2) is 62.3 Å². The molecule has 0 unspecified atom stereocenters. The predicted octanol–water partition coefficient (Wildman–Crippen LogP) is 1.43. The van der Waals surface area contributed by atoms with Crippen LogP contribution in [0.4, 0.5) is 4.39 Å².